The highest BCUT2D eigenvalue weighted by Crippen LogP contribution is 2.24. The molecule has 0 amide bonds. The van der Waals surface area contributed by atoms with Gasteiger partial charge in [0.05, 0.1) is 11.9 Å². The van der Waals surface area contributed by atoms with Gasteiger partial charge in [-0.2, -0.15) is 0 Å². The Kier molecular flexibility index (Phi) is 4.74. The van der Waals surface area contributed by atoms with Crippen LogP contribution in [0.3, 0.4) is 0 Å². The van der Waals surface area contributed by atoms with Crippen molar-refractivity contribution in [3.8, 4) is 11.5 Å². The maximum Gasteiger partial charge on any atom is 0.145 e. The lowest BCUT2D eigenvalue weighted by molar-refractivity contribution is 0.477. The van der Waals surface area contributed by atoms with Crippen LogP contribution in [0.2, 0.25) is 0 Å². The average molecular weight is 270 g/mol. The van der Waals surface area contributed by atoms with Crippen LogP contribution in [0.1, 0.15) is 36.7 Å². The monoisotopic (exact) mass is 270 g/mol. The largest absolute Gasteiger partial charge is 0.456 e. The molecule has 20 heavy (non-hydrogen) atoms. The second kappa shape index (κ2) is 6.53. The van der Waals surface area contributed by atoms with E-state index in [4.69, 9.17) is 4.74 Å². The fraction of sp³-hybridized carbons (Fsp3) is 0.353. The van der Waals surface area contributed by atoms with Crippen LogP contribution in [-0.2, 0) is 0 Å². The van der Waals surface area contributed by atoms with Crippen LogP contribution in [0.15, 0.2) is 36.5 Å². The summed E-state index contributed by atoms with van der Waals surface area (Å²) in [6, 6.07) is 10.4. The van der Waals surface area contributed by atoms with Gasteiger partial charge < -0.3 is 10.1 Å². The lowest BCUT2D eigenvalue weighted by Gasteiger charge is -2.12. The standard InChI is InChI=1S/C17H22N2O/c1-5-18-14(4)17-7-6-15(11-19-17)20-16-9-12(2)8-13(3)10-16/h6-11,14,18H,5H2,1-4H3. The zero-order valence-corrected chi connectivity index (χ0v) is 12.6. The van der Waals surface area contributed by atoms with E-state index in [2.05, 4.69) is 44.1 Å². The van der Waals surface area contributed by atoms with E-state index >= 15 is 0 Å². The van der Waals surface area contributed by atoms with E-state index < -0.39 is 0 Å². The van der Waals surface area contributed by atoms with Crippen LogP contribution >= 0.6 is 0 Å². The first-order valence-electron chi connectivity index (χ1n) is 7.04. The summed E-state index contributed by atoms with van der Waals surface area (Å²) in [6.45, 7) is 9.27. The summed E-state index contributed by atoms with van der Waals surface area (Å²) in [5, 5.41) is 3.34. The third kappa shape index (κ3) is 3.81. The van der Waals surface area contributed by atoms with Gasteiger partial charge in [-0.05, 0) is 62.7 Å². The molecule has 2 rings (SSSR count). The number of pyridine rings is 1. The molecule has 1 N–H and O–H groups in total. The quantitative estimate of drug-likeness (QED) is 0.885. The third-order valence-electron chi connectivity index (χ3n) is 3.14. The van der Waals surface area contributed by atoms with Gasteiger partial charge in [0.2, 0.25) is 0 Å². The first kappa shape index (κ1) is 14.5. The van der Waals surface area contributed by atoms with Crippen molar-refractivity contribution in [2.24, 2.45) is 0 Å². The number of nitrogens with one attached hydrogen (secondary N) is 1. The van der Waals surface area contributed by atoms with Gasteiger partial charge in [-0.25, -0.2) is 0 Å². The SMILES string of the molecule is CCNC(C)c1ccc(Oc2cc(C)cc(C)c2)cn1. The Balaban J connectivity index is 2.10. The van der Waals surface area contributed by atoms with Crippen molar-refractivity contribution in [2.75, 3.05) is 6.54 Å². The van der Waals surface area contributed by atoms with Gasteiger partial charge in [0, 0.05) is 6.04 Å². The lowest BCUT2D eigenvalue weighted by atomic mass is 10.1. The molecule has 0 aliphatic heterocycles. The van der Waals surface area contributed by atoms with E-state index in [1.165, 1.54) is 11.1 Å². The Labute approximate surface area is 121 Å². The zero-order valence-electron chi connectivity index (χ0n) is 12.6. The van der Waals surface area contributed by atoms with Crippen LogP contribution in [-0.4, -0.2) is 11.5 Å². The summed E-state index contributed by atoms with van der Waals surface area (Å²) in [7, 11) is 0. The summed E-state index contributed by atoms with van der Waals surface area (Å²) in [6.07, 6.45) is 1.78. The molecule has 0 spiro atoms. The van der Waals surface area contributed by atoms with E-state index in [1.807, 2.05) is 24.3 Å². The van der Waals surface area contributed by atoms with Crippen molar-refractivity contribution in [3.05, 3.63) is 53.3 Å². The fourth-order valence-electron chi connectivity index (χ4n) is 2.25. The van der Waals surface area contributed by atoms with E-state index in [-0.39, 0.29) is 6.04 Å². The molecule has 0 fully saturated rings. The second-order valence-corrected chi connectivity index (χ2v) is 5.12. The molecule has 0 radical (unpaired) electrons. The Morgan fingerprint density at radius 1 is 1.10 bits per heavy atom. The fourth-order valence-corrected chi connectivity index (χ4v) is 2.25. The molecule has 106 valence electrons. The number of aryl methyl sites for hydroxylation is 2. The van der Waals surface area contributed by atoms with Gasteiger partial charge in [-0.1, -0.05) is 13.0 Å². The number of hydrogen-bond acceptors (Lipinski definition) is 3. The number of hydrogen-bond donors (Lipinski definition) is 1. The average Bonchev–Trinajstić information content (AvgIpc) is 2.38. The highest BCUT2D eigenvalue weighted by Gasteiger charge is 2.06. The van der Waals surface area contributed by atoms with Crippen molar-refractivity contribution in [2.45, 2.75) is 33.7 Å². The topological polar surface area (TPSA) is 34.1 Å². The molecule has 0 saturated heterocycles. The van der Waals surface area contributed by atoms with Crippen molar-refractivity contribution in [1.29, 1.82) is 0 Å². The molecule has 1 unspecified atom stereocenters. The van der Waals surface area contributed by atoms with Crippen LogP contribution in [0.5, 0.6) is 11.5 Å². The highest BCUT2D eigenvalue weighted by molar-refractivity contribution is 5.36. The van der Waals surface area contributed by atoms with Gasteiger partial charge in [-0.15, -0.1) is 0 Å². The molecule has 1 aromatic carbocycles. The molecule has 1 heterocycles. The number of benzene rings is 1. The lowest BCUT2D eigenvalue weighted by Crippen LogP contribution is -2.18. The van der Waals surface area contributed by atoms with Gasteiger partial charge in [-0.3, -0.25) is 4.98 Å². The molecule has 0 aliphatic carbocycles. The Hall–Kier alpha value is -1.87. The third-order valence-corrected chi connectivity index (χ3v) is 3.14. The van der Waals surface area contributed by atoms with Crippen LogP contribution in [0.4, 0.5) is 0 Å². The number of aromatic nitrogens is 1. The van der Waals surface area contributed by atoms with E-state index in [1.54, 1.807) is 6.20 Å². The molecule has 3 heteroatoms. The number of nitrogens with zero attached hydrogens (tertiary/aromatic N) is 1. The Bertz CT molecular complexity index is 543. The summed E-state index contributed by atoms with van der Waals surface area (Å²) < 4.78 is 5.85. The van der Waals surface area contributed by atoms with E-state index in [0.29, 0.717) is 0 Å². The van der Waals surface area contributed by atoms with Gasteiger partial charge >= 0.3 is 0 Å². The highest BCUT2D eigenvalue weighted by atomic mass is 16.5. The van der Waals surface area contributed by atoms with E-state index in [0.717, 1.165) is 23.7 Å². The summed E-state index contributed by atoms with van der Waals surface area (Å²) in [5.74, 6) is 1.62. The maximum absolute atomic E-state index is 5.85. The molecule has 0 aliphatic rings. The molecule has 3 nitrogen and oxygen atoms in total. The Morgan fingerprint density at radius 2 is 1.80 bits per heavy atom. The molecule has 1 aromatic heterocycles. The van der Waals surface area contributed by atoms with E-state index in [9.17, 15) is 0 Å². The first-order valence-corrected chi connectivity index (χ1v) is 7.04. The summed E-state index contributed by atoms with van der Waals surface area (Å²) >= 11 is 0. The normalized spacial score (nSPS) is 12.2. The smallest absolute Gasteiger partial charge is 0.145 e. The van der Waals surface area contributed by atoms with Crippen molar-refractivity contribution >= 4 is 0 Å². The van der Waals surface area contributed by atoms with Crippen molar-refractivity contribution < 1.29 is 4.74 Å². The van der Waals surface area contributed by atoms with Crippen LogP contribution in [0.25, 0.3) is 0 Å². The first-order chi connectivity index (χ1) is 9.58. The molecular formula is C17H22N2O. The predicted molar refractivity (Wildman–Crippen MR) is 82.3 cm³/mol. The van der Waals surface area contributed by atoms with Crippen molar-refractivity contribution in [1.82, 2.24) is 10.3 Å². The van der Waals surface area contributed by atoms with Crippen molar-refractivity contribution in [3.63, 3.8) is 0 Å². The molecule has 1 atom stereocenters. The number of rotatable bonds is 5. The minimum atomic E-state index is 0.260. The summed E-state index contributed by atoms with van der Waals surface area (Å²) in [5.41, 5.74) is 3.43. The molecular weight excluding hydrogens is 248 g/mol. The second-order valence-electron chi connectivity index (χ2n) is 5.12. The zero-order chi connectivity index (χ0) is 14.5. The maximum atomic E-state index is 5.85. The molecule has 0 bridgehead atoms. The van der Waals surface area contributed by atoms with Crippen LogP contribution < -0.4 is 10.1 Å². The Morgan fingerprint density at radius 3 is 2.35 bits per heavy atom. The van der Waals surface area contributed by atoms with Crippen LogP contribution in [0, 0.1) is 13.8 Å². The number of ether oxygens (including phenoxy) is 1. The molecule has 0 saturated carbocycles. The van der Waals surface area contributed by atoms with Gasteiger partial charge in [0.1, 0.15) is 11.5 Å². The van der Waals surface area contributed by atoms with Gasteiger partial charge in [0.15, 0.2) is 0 Å². The predicted octanol–water partition coefficient (Wildman–Crippen LogP) is 4.16. The molecule has 2 aromatic rings. The van der Waals surface area contributed by atoms with Gasteiger partial charge in [0.25, 0.3) is 0 Å². The minimum Gasteiger partial charge on any atom is -0.456 e. The minimum absolute atomic E-state index is 0.260. The summed E-state index contributed by atoms with van der Waals surface area (Å²) in [4.78, 5) is 4.45.